The SMILES string of the molecule is Cc1ccccc1C(O)CNC(=O)Nc1ccc2c(c1)C(=O)CCC2. The highest BCUT2D eigenvalue weighted by Crippen LogP contribution is 2.24. The number of carbonyl (C=O) groups excluding carboxylic acids is 2. The predicted molar refractivity (Wildman–Crippen MR) is 96.9 cm³/mol. The van der Waals surface area contributed by atoms with E-state index < -0.39 is 12.1 Å². The highest BCUT2D eigenvalue weighted by Gasteiger charge is 2.18. The van der Waals surface area contributed by atoms with E-state index in [-0.39, 0.29) is 12.3 Å². The van der Waals surface area contributed by atoms with Crippen LogP contribution in [0, 0.1) is 6.92 Å². The topological polar surface area (TPSA) is 78.4 Å². The van der Waals surface area contributed by atoms with Gasteiger partial charge in [-0.2, -0.15) is 0 Å². The summed E-state index contributed by atoms with van der Waals surface area (Å²) in [6.07, 6.45) is 1.58. The average Bonchev–Trinajstić information content (AvgIpc) is 2.61. The van der Waals surface area contributed by atoms with Crippen LogP contribution in [-0.4, -0.2) is 23.5 Å². The maximum Gasteiger partial charge on any atom is 0.319 e. The molecule has 0 saturated heterocycles. The molecular formula is C20H22N2O3. The average molecular weight is 338 g/mol. The molecule has 3 N–H and O–H groups in total. The Bertz CT molecular complexity index is 801. The van der Waals surface area contributed by atoms with Crippen molar-refractivity contribution in [3.63, 3.8) is 0 Å². The number of hydrogen-bond acceptors (Lipinski definition) is 3. The molecule has 1 unspecified atom stereocenters. The Hall–Kier alpha value is -2.66. The number of rotatable bonds is 4. The van der Waals surface area contributed by atoms with Gasteiger partial charge in [-0.1, -0.05) is 30.3 Å². The van der Waals surface area contributed by atoms with Gasteiger partial charge in [-0.15, -0.1) is 0 Å². The molecule has 0 saturated carbocycles. The zero-order chi connectivity index (χ0) is 17.8. The summed E-state index contributed by atoms with van der Waals surface area (Å²) in [5.74, 6) is 0.125. The number of anilines is 1. The number of benzene rings is 2. The zero-order valence-electron chi connectivity index (χ0n) is 14.2. The van der Waals surface area contributed by atoms with Gasteiger partial charge in [0.05, 0.1) is 6.10 Å². The summed E-state index contributed by atoms with van der Waals surface area (Å²) in [5.41, 5.74) is 4.09. The number of amides is 2. The lowest BCUT2D eigenvalue weighted by Gasteiger charge is -2.17. The third-order valence-corrected chi connectivity index (χ3v) is 4.52. The summed E-state index contributed by atoms with van der Waals surface area (Å²) in [6.45, 7) is 2.03. The van der Waals surface area contributed by atoms with Crippen LogP contribution in [0.2, 0.25) is 0 Å². The molecule has 0 radical (unpaired) electrons. The van der Waals surface area contributed by atoms with Gasteiger partial charge in [-0.3, -0.25) is 4.79 Å². The second kappa shape index (κ2) is 7.49. The van der Waals surface area contributed by atoms with Crippen LogP contribution >= 0.6 is 0 Å². The van der Waals surface area contributed by atoms with Crippen molar-refractivity contribution in [2.24, 2.45) is 0 Å². The molecule has 0 fully saturated rings. The van der Waals surface area contributed by atoms with E-state index >= 15 is 0 Å². The second-order valence-corrected chi connectivity index (χ2v) is 6.36. The van der Waals surface area contributed by atoms with Gasteiger partial charge in [-0.25, -0.2) is 4.79 Å². The highest BCUT2D eigenvalue weighted by atomic mass is 16.3. The van der Waals surface area contributed by atoms with E-state index in [0.717, 1.165) is 29.5 Å². The van der Waals surface area contributed by atoms with Gasteiger partial charge < -0.3 is 15.7 Å². The van der Waals surface area contributed by atoms with Crippen LogP contribution in [0.4, 0.5) is 10.5 Å². The van der Waals surface area contributed by atoms with Gasteiger partial charge in [0.1, 0.15) is 0 Å². The minimum atomic E-state index is -0.767. The van der Waals surface area contributed by atoms with Crippen LogP contribution in [0.5, 0.6) is 0 Å². The lowest BCUT2D eigenvalue weighted by molar-refractivity contribution is 0.0972. The van der Waals surface area contributed by atoms with Crippen molar-refractivity contribution in [3.8, 4) is 0 Å². The molecule has 0 bridgehead atoms. The van der Waals surface area contributed by atoms with Crippen molar-refractivity contribution >= 4 is 17.5 Å². The first kappa shape index (κ1) is 17.2. The fraction of sp³-hybridized carbons (Fsp3) is 0.300. The number of hydrogen-bond donors (Lipinski definition) is 3. The lowest BCUT2D eigenvalue weighted by Crippen LogP contribution is -2.32. The quantitative estimate of drug-likeness (QED) is 0.800. The van der Waals surface area contributed by atoms with E-state index in [9.17, 15) is 14.7 Å². The van der Waals surface area contributed by atoms with Crippen LogP contribution in [-0.2, 0) is 6.42 Å². The molecule has 0 heterocycles. The molecule has 25 heavy (non-hydrogen) atoms. The Morgan fingerprint density at radius 2 is 2.00 bits per heavy atom. The summed E-state index contributed by atoms with van der Waals surface area (Å²) in [5, 5.41) is 15.6. The first-order valence-corrected chi connectivity index (χ1v) is 8.49. The number of Topliss-reactive ketones (excluding diaryl/α,β-unsaturated/α-hetero) is 1. The fourth-order valence-electron chi connectivity index (χ4n) is 3.14. The molecule has 2 aromatic carbocycles. The number of ketones is 1. The van der Waals surface area contributed by atoms with Crippen LogP contribution in [0.25, 0.3) is 0 Å². The van der Waals surface area contributed by atoms with E-state index in [1.807, 2.05) is 37.3 Å². The van der Waals surface area contributed by atoms with Gasteiger partial charge in [-0.05, 0) is 48.6 Å². The molecule has 0 aliphatic heterocycles. The Labute approximate surface area is 147 Å². The van der Waals surface area contributed by atoms with E-state index in [1.54, 1.807) is 12.1 Å². The summed E-state index contributed by atoms with van der Waals surface area (Å²) in [7, 11) is 0. The first-order chi connectivity index (χ1) is 12.0. The van der Waals surface area contributed by atoms with Crippen molar-refractivity contribution in [2.45, 2.75) is 32.3 Å². The molecule has 1 atom stereocenters. The number of nitrogens with one attached hydrogen (secondary N) is 2. The normalized spacial score (nSPS) is 14.6. The van der Waals surface area contributed by atoms with Crippen LogP contribution in [0.3, 0.4) is 0 Å². The molecule has 130 valence electrons. The summed E-state index contributed by atoms with van der Waals surface area (Å²) < 4.78 is 0. The minimum Gasteiger partial charge on any atom is -0.387 e. The lowest BCUT2D eigenvalue weighted by atomic mass is 9.90. The zero-order valence-corrected chi connectivity index (χ0v) is 14.2. The number of carbonyl (C=O) groups is 2. The maximum atomic E-state index is 12.1. The van der Waals surface area contributed by atoms with E-state index in [2.05, 4.69) is 10.6 Å². The second-order valence-electron chi connectivity index (χ2n) is 6.36. The van der Waals surface area contributed by atoms with E-state index in [1.165, 1.54) is 0 Å². The molecular weight excluding hydrogens is 316 g/mol. The molecule has 2 amide bonds. The molecule has 5 heteroatoms. The maximum absolute atomic E-state index is 12.1. The third kappa shape index (κ3) is 4.06. The minimum absolute atomic E-state index is 0.112. The molecule has 5 nitrogen and oxygen atoms in total. The van der Waals surface area contributed by atoms with Gasteiger partial charge in [0, 0.05) is 24.2 Å². The predicted octanol–water partition coefficient (Wildman–Crippen LogP) is 3.37. The smallest absolute Gasteiger partial charge is 0.319 e. The van der Waals surface area contributed by atoms with E-state index in [4.69, 9.17) is 0 Å². The summed E-state index contributed by atoms with van der Waals surface area (Å²) in [4.78, 5) is 24.0. The molecule has 2 aromatic rings. The standard InChI is InChI=1S/C20H22N2O3/c1-13-5-2-3-7-16(13)19(24)12-21-20(25)22-15-10-9-14-6-4-8-18(23)17(14)11-15/h2-3,5,7,9-11,19,24H,4,6,8,12H2,1H3,(H2,21,22,25). The fourth-order valence-corrected chi connectivity index (χ4v) is 3.14. The van der Waals surface area contributed by atoms with Gasteiger partial charge >= 0.3 is 6.03 Å². The van der Waals surface area contributed by atoms with Crippen LogP contribution in [0.1, 0.15) is 46.0 Å². The van der Waals surface area contributed by atoms with Gasteiger partial charge in [0.2, 0.25) is 0 Å². The largest absolute Gasteiger partial charge is 0.387 e. The number of fused-ring (bicyclic) bond motifs is 1. The Kier molecular flexibility index (Phi) is 5.14. The Morgan fingerprint density at radius 3 is 2.80 bits per heavy atom. The van der Waals surface area contributed by atoms with Gasteiger partial charge in [0.25, 0.3) is 0 Å². The van der Waals surface area contributed by atoms with Crippen molar-refractivity contribution in [2.75, 3.05) is 11.9 Å². The van der Waals surface area contributed by atoms with Crippen molar-refractivity contribution in [3.05, 3.63) is 64.7 Å². The van der Waals surface area contributed by atoms with Gasteiger partial charge in [0.15, 0.2) is 5.78 Å². The van der Waals surface area contributed by atoms with Crippen LogP contribution < -0.4 is 10.6 Å². The monoisotopic (exact) mass is 338 g/mol. The Balaban J connectivity index is 1.59. The Morgan fingerprint density at radius 1 is 1.20 bits per heavy atom. The highest BCUT2D eigenvalue weighted by molar-refractivity contribution is 6.00. The van der Waals surface area contributed by atoms with Crippen molar-refractivity contribution in [1.82, 2.24) is 5.32 Å². The van der Waals surface area contributed by atoms with E-state index in [0.29, 0.717) is 17.7 Å². The molecule has 1 aliphatic carbocycles. The summed E-state index contributed by atoms with van der Waals surface area (Å²) in [6, 6.07) is 12.5. The molecule has 3 rings (SSSR count). The number of aryl methyl sites for hydroxylation is 2. The molecule has 1 aliphatic rings. The first-order valence-electron chi connectivity index (χ1n) is 8.49. The molecule has 0 aromatic heterocycles. The van der Waals surface area contributed by atoms with Crippen molar-refractivity contribution in [1.29, 1.82) is 0 Å². The molecule has 0 spiro atoms. The summed E-state index contributed by atoms with van der Waals surface area (Å²) >= 11 is 0. The number of aliphatic hydroxyl groups excluding tert-OH is 1. The third-order valence-electron chi connectivity index (χ3n) is 4.52. The van der Waals surface area contributed by atoms with Crippen molar-refractivity contribution < 1.29 is 14.7 Å². The number of urea groups is 1. The number of aliphatic hydroxyl groups is 1. The van der Waals surface area contributed by atoms with Crippen LogP contribution in [0.15, 0.2) is 42.5 Å².